The number of nitrogens with zero attached hydrogens (tertiary/aromatic N) is 2. The molecule has 1 aromatic rings. The average molecular weight is 275 g/mol. The van der Waals surface area contributed by atoms with E-state index in [-0.39, 0.29) is 24.3 Å². The van der Waals surface area contributed by atoms with E-state index in [0.29, 0.717) is 6.54 Å². The summed E-state index contributed by atoms with van der Waals surface area (Å²) in [6.45, 7) is 6.31. The third-order valence-electron chi connectivity index (χ3n) is 3.69. The topological polar surface area (TPSA) is 62.3 Å². The SMILES string of the molecule is CCC(C)N1C(=O)CC(NCc2cccc(C)n2)C1=O. The molecule has 0 bridgehead atoms. The molecule has 0 spiro atoms. The molecule has 1 aliphatic rings. The highest BCUT2D eigenvalue weighted by Gasteiger charge is 2.40. The first-order chi connectivity index (χ1) is 9.52. The Morgan fingerprint density at radius 1 is 1.45 bits per heavy atom. The molecule has 0 aromatic carbocycles. The Morgan fingerprint density at radius 2 is 2.20 bits per heavy atom. The van der Waals surface area contributed by atoms with Crippen LogP contribution in [0.2, 0.25) is 0 Å². The van der Waals surface area contributed by atoms with Crippen LogP contribution in [0.15, 0.2) is 18.2 Å². The van der Waals surface area contributed by atoms with Gasteiger partial charge in [0.1, 0.15) is 0 Å². The van der Waals surface area contributed by atoms with Crippen LogP contribution in [0.3, 0.4) is 0 Å². The zero-order valence-electron chi connectivity index (χ0n) is 12.2. The van der Waals surface area contributed by atoms with Gasteiger partial charge in [-0.25, -0.2) is 0 Å². The molecule has 0 saturated carbocycles. The first kappa shape index (κ1) is 14.7. The van der Waals surface area contributed by atoms with Crippen LogP contribution < -0.4 is 5.32 Å². The van der Waals surface area contributed by atoms with E-state index in [2.05, 4.69) is 10.3 Å². The zero-order valence-corrected chi connectivity index (χ0v) is 12.2. The van der Waals surface area contributed by atoms with Crippen LogP contribution >= 0.6 is 0 Å². The van der Waals surface area contributed by atoms with Gasteiger partial charge in [-0.05, 0) is 32.4 Å². The Hall–Kier alpha value is -1.75. The fourth-order valence-electron chi connectivity index (χ4n) is 2.38. The quantitative estimate of drug-likeness (QED) is 0.825. The van der Waals surface area contributed by atoms with Crippen LogP contribution in [0.4, 0.5) is 0 Å². The first-order valence-corrected chi connectivity index (χ1v) is 7.04. The lowest BCUT2D eigenvalue weighted by Crippen LogP contribution is -2.42. The van der Waals surface area contributed by atoms with Crippen molar-refractivity contribution in [3.05, 3.63) is 29.6 Å². The molecule has 5 heteroatoms. The second-order valence-electron chi connectivity index (χ2n) is 5.27. The van der Waals surface area contributed by atoms with E-state index < -0.39 is 6.04 Å². The molecule has 0 aliphatic carbocycles. The van der Waals surface area contributed by atoms with Crippen LogP contribution in [-0.2, 0) is 16.1 Å². The Balaban J connectivity index is 1.98. The minimum atomic E-state index is -0.418. The van der Waals surface area contributed by atoms with Crippen molar-refractivity contribution in [2.45, 2.75) is 52.2 Å². The van der Waals surface area contributed by atoms with Gasteiger partial charge in [0.25, 0.3) is 0 Å². The van der Waals surface area contributed by atoms with Crippen molar-refractivity contribution in [3.63, 3.8) is 0 Å². The Bertz CT molecular complexity index is 516. The van der Waals surface area contributed by atoms with Crippen LogP contribution in [-0.4, -0.2) is 33.8 Å². The predicted molar refractivity (Wildman–Crippen MR) is 75.8 cm³/mol. The third-order valence-corrected chi connectivity index (χ3v) is 3.69. The van der Waals surface area contributed by atoms with Gasteiger partial charge in [-0.3, -0.25) is 24.8 Å². The average Bonchev–Trinajstić information content (AvgIpc) is 2.70. The monoisotopic (exact) mass is 275 g/mol. The van der Waals surface area contributed by atoms with Gasteiger partial charge >= 0.3 is 0 Å². The van der Waals surface area contributed by atoms with Crippen LogP contribution in [0.1, 0.15) is 38.1 Å². The number of nitrogens with one attached hydrogen (secondary N) is 1. The van der Waals surface area contributed by atoms with E-state index in [1.54, 1.807) is 0 Å². The van der Waals surface area contributed by atoms with E-state index in [4.69, 9.17) is 0 Å². The van der Waals surface area contributed by atoms with Crippen molar-refractivity contribution in [1.82, 2.24) is 15.2 Å². The zero-order chi connectivity index (χ0) is 14.7. The molecular formula is C15H21N3O2. The minimum Gasteiger partial charge on any atom is -0.300 e. The summed E-state index contributed by atoms with van der Waals surface area (Å²) in [6, 6.07) is 5.33. The molecule has 2 unspecified atom stereocenters. The number of aromatic nitrogens is 1. The number of imide groups is 1. The minimum absolute atomic E-state index is 0.0288. The maximum absolute atomic E-state index is 12.2. The van der Waals surface area contributed by atoms with E-state index in [1.165, 1.54) is 4.90 Å². The van der Waals surface area contributed by atoms with Gasteiger partial charge in [0.2, 0.25) is 11.8 Å². The molecule has 108 valence electrons. The second kappa shape index (κ2) is 6.13. The number of carbonyl (C=O) groups is 2. The summed E-state index contributed by atoms with van der Waals surface area (Å²) in [5, 5.41) is 3.14. The molecule has 0 radical (unpaired) electrons. The molecule has 2 rings (SSSR count). The molecule has 20 heavy (non-hydrogen) atoms. The number of rotatable bonds is 5. The van der Waals surface area contributed by atoms with Gasteiger partial charge in [0.15, 0.2) is 0 Å². The number of pyridine rings is 1. The fraction of sp³-hybridized carbons (Fsp3) is 0.533. The van der Waals surface area contributed by atoms with E-state index in [1.807, 2.05) is 39.0 Å². The predicted octanol–water partition coefficient (Wildman–Crippen LogP) is 1.41. The van der Waals surface area contributed by atoms with Crippen molar-refractivity contribution in [3.8, 4) is 0 Å². The lowest BCUT2D eigenvalue weighted by molar-refractivity contribution is -0.141. The molecular weight excluding hydrogens is 254 g/mol. The van der Waals surface area contributed by atoms with Crippen molar-refractivity contribution >= 4 is 11.8 Å². The van der Waals surface area contributed by atoms with Gasteiger partial charge in [0, 0.05) is 18.3 Å². The van der Waals surface area contributed by atoms with Crippen molar-refractivity contribution in [1.29, 1.82) is 0 Å². The fourth-order valence-corrected chi connectivity index (χ4v) is 2.38. The third kappa shape index (κ3) is 3.04. The molecule has 1 fully saturated rings. The van der Waals surface area contributed by atoms with Gasteiger partial charge in [-0.2, -0.15) is 0 Å². The first-order valence-electron chi connectivity index (χ1n) is 7.04. The van der Waals surface area contributed by atoms with E-state index in [9.17, 15) is 9.59 Å². The number of likely N-dealkylation sites (tertiary alicyclic amines) is 1. The number of aryl methyl sites for hydroxylation is 1. The largest absolute Gasteiger partial charge is 0.300 e. The normalized spacial score (nSPS) is 20.6. The lowest BCUT2D eigenvalue weighted by Gasteiger charge is -2.21. The Labute approximate surface area is 119 Å². The highest BCUT2D eigenvalue weighted by atomic mass is 16.2. The summed E-state index contributed by atoms with van der Waals surface area (Å²) in [6.07, 6.45) is 1.03. The summed E-state index contributed by atoms with van der Waals surface area (Å²) >= 11 is 0. The van der Waals surface area contributed by atoms with Gasteiger partial charge in [-0.1, -0.05) is 13.0 Å². The smallest absolute Gasteiger partial charge is 0.247 e. The van der Waals surface area contributed by atoms with Crippen LogP contribution in [0.5, 0.6) is 0 Å². The van der Waals surface area contributed by atoms with Gasteiger partial charge in [0.05, 0.1) is 18.2 Å². The number of hydrogen-bond donors (Lipinski definition) is 1. The van der Waals surface area contributed by atoms with Gasteiger partial charge < -0.3 is 0 Å². The summed E-state index contributed by atoms with van der Waals surface area (Å²) < 4.78 is 0. The molecule has 2 heterocycles. The van der Waals surface area contributed by atoms with E-state index >= 15 is 0 Å². The molecule has 1 aromatic heterocycles. The number of hydrogen-bond acceptors (Lipinski definition) is 4. The van der Waals surface area contributed by atoms with Crippen molar-refractivity contribution in [2.75, 3.05) is 0 Å². The Morgan fingerprint density at radius 3 is 2.85 bits per heavy atom. The number of amides is 2. The molecule has 2 amide bonds. The lowest BCUT2D eigenvalue weighted by atomic mass is 10.2. The molecule has 1 aliphatic heterocycles. The van der Waals surface area contributed by atoms with Crippen molar-refractivity contribution < 1.29 is 9.59 Å². The number of carbonyl (C=O) groups excluding carboxylic acids is 2. The highest BCUT2D eigenvalue weighted by molar-refractivity contribution is 6.05. The standard InChI is InChI=1S/C15H21N3O2/c1-4-11(3)18-14(19)8-13(15(18)20)16-9-12-7-5-6-10(2)17-12/h5-7,11,13,16H,4,8-9H2,1-3H3. The van der Waals surface area contributed by atoms with E-state index in [0.717, 1.165) is 17.8 Å². The molecule has 1 saturated heterocycles. The summed E-state index contributed by atoms with van der Waals surface area (Å²) in [5.41, 5.74) is 1.83. The summed E-state index contributed by atoms with van der Waals surface area (Å²) in [4.78, 5) is 29.9. The highest BCUT2D eigenvalue weighted by Crippen LogP contribution is 2.18. The Kier molecular flexibility index (Phi) is 4.49. The summed E-state index contributed by atoms with van der Waals surface area (Å²) in [7, 11) is 0. The second-order valence-corrected chi connectivity index (χ2v) is 5.27. The van der Waals surface area contributed by atoms with Crippen LogP contribution in [0.25, 0.3) is 0 Å². The van der Waals surface area contributed by atoms with Crippen LogP contribution in [0, 0.1) is 6.92 Å². The maximum Gasteiger partial charge on any atom is 0.247 e. The van der Waals surface area contributed by atoms with Crippen molar-refractivity contribution in [2.24, 2.45) is 0 Å². The maximum atomic E-state index is 12.2. The molecule has 5 nitrogen and oxygen atoms in total. The van der Waals surface area contributed by atoms with Gasteiger partial charge in [-0.15, -0.1) is 0 Å². The summed E-state index contributed by atoms with van der Waals surface area (Å²) in [5.74, 6) is -0.198. The molecule has 2 atom stereocenters. The molecule has 1 N–H and O–H groups in total.